The quantitative estimate of drug-likeness (QED) is 0.707. The first-order chi connectivity index (χ1) is 13.9. The van der Waals surface area contributed by atoms with Gasteiger partial charge in [0.2, 0.25) is 15.9 Å². The number of amides is 2. The number of carbonyl (C=O) groups is 2. The van der Waals surface area contributed by atoms with E-state index in [4.69, 9.17) is 0 Å². The number of hydrogen-bond acceptors (Lipinski definition) is 5. The van der Waals surface area contributed by atoms with E-state index in [2.05, 4.69) is 15.5 Å². The van der Waals surface area contributed by atoms with Gasteiger partial charge in [-0.2, -0.15) is 4.31 Å². The summed E-state index contributed by atoms with van der Waals surface area (Å²) in [5, 5.41) is 5.60. The van der Waals surface area contributed by atoms with Crippen molar-refractivity contribution in [2.45, 2.75) is 43.0 Å². The molecule has 0 saturated carbocycles. The maximum atomic E-state index is 13.1. The Bertz CT molecular complexity index is 829. The van der Waals surface area contributed by atoms with Crippen molar-refractivity contribution in [3.63, 3.8) is 0 Å². The van der Waals surface area contributed by atoms with Crippen molar-refractivity contribution >= 4 is 21.8 Å². The predicted octanol–water partition coefficient (Wildman–Crippen LogP) is 0.801. The third-order valence-corrected chi connectivity index (χ3v) is 7.59. The monoisotopic (exact) mass is 422 g/mol. The molecular formula is C20H30N4O4S. The Morgan fingerprint density at radius 1 is 1.03 bits per heavy atom. The Kier molecular flexibility index (Phi) is 7.26. The molecule has 0 aliphatic carbocycles. The topological polar surface area (TPSA) is 98.8 Å². The van der Waals surface area contributed by atoms with E-state index in [0.29, 0.717) is 32.7 Å². The van der Waals surface area contributed by atoms with Crippen LogP contribution >= 0.6 is 0 Å². The Labute approximate surface area is 172 Å². The maximum Gasteiger partial charge on any atom is 0.252 e. The number of sulfonamides is 1. The number of rotatable bonds is 6. The Balaban J connectivity index is 1.66. The van der Waals surface area contributed by atoms with E-state index in [9.17, 15) is 18.0 Å². The van der Waals surface area contributed by atoms with Crippen LogP contribution in [-0.2, 0) is 14.8 Å². The molecule has 2 fully saturated rings. The largest absolute Gasteiger partial charge is 0.358 e. The molecule has 29 heavy (non-hydrogen) atoms. The third-order valence-electron chi connectivity index (χ3n) is 5.63. The highest BCUT2D eigenvalue weighted by atomic mass is 32.2. The van der Waals surface area contributed by atoms with E-state index < -0.39 is 10.0 Å². The van der Waals surface area contributed by atoms with Gasteiger partial charge < -0.3 is 10.6 Å². The van der Waals surface area contributed by atoms with Crippen LogP contribution in [0.25, 0.3) is 0 Å². The van der Waals surface area contributed by atoms with Crippen LogP contribution in [0.5, 0.6) is 0 Å². The van der Waals surface area contributed by atoms with Crippen molar-refractivity contribution in [1.29, 1.82) is 0 Å². The van der Waals surface area contributed by atoms with Crippen LogP contribution in [0.15, 0.2) is 29.2 Å². The minimum atomic E-state index is -3.68. The summed E-state index contributed by atoms with van der Waals surface area (Å²) in [6.07, 6.45) is 4.19. The van der Waals surface area contributed by atoms with Crippen LogP contribution in [0, 0.1) is 0 Å². The average molecular weight is 423 g/mol. The van der Waals surface area contributed by atoms with Crippen molar-refractivity contribution < 1.29 is 18.0 Å². The van der Waals surface area contributed by atoms with Gasteiger partial charge in [-0.05, 0) is 37.8 Å². The van der Waals surface area contributed by atoms with E-state index in [1.165, 1.54) is 10.4 Å². The number of benzene rings is 1. The van der Waals surface area contributed by atoms with Crippen LogP contribution in [0.2, 0.25) is 0 Å². The van der Waals surface area contributed by atoms with Crippen LogP contribution in [0.1, 0.15) is 42.5 Å². The second-order valence-electron chi connectivity index (χ2n) is 7.66. The first kappa shape index (κ1) is 21.7. The molecule has 2 saturated heterocycles. The molecule has 1 aromatic carbocycles. The first-order valence-corrected chi connectivity index (χ1v) is 11.7. The number of likely N-dealkylation sites (N-methyl/N-ethyl adjacent to an activating group) is 1. The molecule has 1 aromatic rings. The van der Waals surface area contributed by atoms with E-state index in [-0.39, 0.29) is 28.3 Å². The molecule has 9 heteroatoms. The summed E-state index contributed by atoms with van der Waals surface area (Å²) in [4.78, 5) is 26.5. The highest BCUT2D eigenvalue weighted by molar-refractivity contribution is 7.89. The molecule has 2 aliphatic rings. The molecule has 0 radical (unpaired) electrons. The fourth-order valence-corrected chi connectivity index (χ4v) is 5.61. The molecule has 0 atom stereocenters. The molecule has 2 heterocycles. The van der Waals surface area contributed by atoms with Gasteiger partial charge in [0.1, 0.15) is 0 Å². The summed E-state index contributed by atoms with van der Waals surface area (Å²) in [6.45, 7) is 2.79. The van der Waals surface area contributed by atoms with Gasteiger partial charge >= 0.3 is 0 Å². The molecule has 0 aromatic heterocycles. The fourth-order valence-electron chi connectivity index (χ4n) is 3.90. The van der Waals surface area contributed by atoms with E-state index in [0.717, 1.165) is 32.1 Å². The molecule has 160 valence electrons. The molecule has 2 N–H and O–H groups in total. The minimum absolute atomic E-state index is 0.0238. The zero-order chi connectivity index (χ0) is 20.9. The Morgan fingerprint density at radius 2 is 1.69 bits per heavy atom. The van der Waals surface area contributed by atoms with Crippen molar-refractivity contribution in [2.75, 3.05) is 39.8 Å². The van der Waals surface area contributed by atoms with E-state index in [1.807, 2.05) is 0 Å². The SMILES string of the molecule is CNC(=O)CN1CCC(NC(=O)c2ccccc2S(=O)(=O)N2CCCCC2)CC1. The summed E-state index contributed by atoms with van der Waals surface area (Å²) in [6, 6.07) is 6.41. The van der Waals surface area contributed by atoms with Gasteiger partial charge in [0.05, 0.1) is 17.0 Å². The highest BCUT2D eigenvalue weighted by Crippen LogP contribution is 2.24. The summed E-state index contributed by atoms with van der Waals surface area (Å²) >= 11 is 0. The van der Waals surface area contributed by atoms with E-state index >= 15 is 0 Å². The molecule has 2 amide bonds. The van der Waals surface area contributed by atoms with Crippen molar-refractivity contribution in [3.05, 3.63) is 29.8 Å². The van der Waals surface area contributed by atoms with Gasteiger partial charge in [0.25, 0.3) is 5.91 Å². The summed E-state index contributed by atoms with van der Waals surface area (Å²) < 4.78 is 27.6. The minimum Gasteiger partial charge on any atom is -0.358 e. The Morgan fingerprint density at radius 3 is 2.34 bits per heavy atom. The second-order valence-corrected chi connectivity index (χ2v) is 9.56. The second kappa shape index (κ2) is 9.69. The summed E-state index contributed by atoms with van der Waals surface area (Å²) in [7, 11) is -2.07. The number of nitrogens with zero attached hydrogens (tertiary/aromatic N) is 2. The van der Waals surface area contributed by atoms with Gasteiger partial charge in [-0.1, -0.05) is 18.6 Å². The lowest BCUT2D eigenvalue weighted by Crippen LogP contribution is -2.47. The third kappa shape index (κ3) is 5.34. The Hall–Kier alpha value is -1.97. The first-order valence-electron chi connectivity index (χ1n) is 10.2. The zero-order valence-electron chi connectivity index (χ0n) is 16.9. The van der Waals surface area contributed by atoms with Crippen molar-refractivity contribution in [2.24, 2.45) is 0 Å². The molecule has 0 bridgehead atoms. The van der Waals surface area contributed by atoms with Gasteiger partial charge in [0.15, 0.2) is 0 Å². The van der Waals surface area contributed by atoms with Gasteiger partial charge in [-0.3, -0.25) is 14.5 Å². The van der Waals surface area contributed by atoms with Gasteiger partial charge in [-0.15, -0.1) is 0 Å². The smallest absolute Gasteiger partial charge is 0.252 e. The highest BCUT2D eigenvalue weighted by Gasteiger charge is 2.30. The standard InChI is InChI=1S/C20H30N4O4S/c1-21-19(25)15-23-13-9-16(10-14-23)22-20(26)17-7-3-4-8-18(17)29(27,28)24-11-5-2-6-12-24/h3-4,7-8,16H,2,5-6,9-15H2,1H3,(H,21,25)(H,22,26). The number of hydrogen-bond donors (Lipinski definition) is 2. The lowest BCUT2D eigenvalue weighted by molar-refractivity contribution is -0.122. The van der Waals surface area contributed by atoms with Crippen LogP contribution in [0.3, 0.4) is 0 Å². The van der Waals surface area contributed by atoms with Crippen LogP contribution < -0.4 is 10.6 Å². The van der Waals surface area contributed by atoms with E-state index in [1.54, 1.807) is 25.2 Å². The predicted molar refractivity (Wildman–Crippen MR) is 110 cm³/mol. The van der Waals surface area contributed by atoms with Crippen LogP contribution in [-0.4, -0.2) is 75.3 Å². The number of likely N-dealkylation sites (tertiary alicyclic amines) is 1. The lowest BCUT2D eigenvalue weighted by atomic mass is 10.0. The molecule has 0 unspecified atom stereocenters. The van der Waals surface area contributed by atoms with Crippen molar-refractivity contribution in [3.8, 4) is 0 Å². The lowest BCUT2D eigenvalue weighted by Gasteiger charge is -2.32. The molecule has 8 nitrogen and oxygen atoms in total. The summed E-state index contributed by atoms with van der Waals surface area (Å²) in [5.41, 5.74) is 0.200. The van der Waals surface area contributed by atoms with Crippen LogP contribution in [0.4, 0.5) is 0 Å². The molecular weight excluding hydrogens is 392 g/mol. The zero-order valence-corrected chi connectivity index (χ0v) is 17.7. The summed E-state index contributed by atoms with van der Waals surface area (Å²) in [5.74, 6) is -0.379. The van der Waals surface area contributed by atoms with Gasteiger partial charge in [-0.25, -0.2) is 8.42 Å². The average Bonchev–Trinajstić information content (AvgIpc) is 2.75. The molecule has 0 spiro atoms. The molecule has 2 aliphatic heterocycles. The van der Waals surface area contributed by atoms with Gasteiger partial charge in [0, 0.05) is 39.3 Å². The number of piperidine rings is 2. The normalized spacial score (nSPS) is 19.6. The number of carbonyl (C=O) groups excluding carboxylic acids is 2. The molecule has 3 rings (SSSR count). The number of nitrogens with one attached hydrogen (secondary N) is 2. The van der Waals surface area contributed by atoms with Crippen molar-refractivity contribution in [1.82, 2.24) is 19.8 Å². The fraction of sp³-hybridized carbons (Fsp3) is 0.600. The maximum absolute atomic E-state index is 13.1.